The molecule has 0 bridgehead atoms. The summed E-state index contributed by atoms with van der Waals surface area (Å²) in [5.74, 6) is -0.247. The van der Waals surface area contributed by atoms with E-state index >= 15 is 0 Å². The smallest absolute Gasteiger partial charge is 0.182 e. The third-order valence-electron chi connectivity index (χ3n) is 3.12. The van der Waals surface area contributed by atoms with Crippen molar-refractivity contribution < 1.29 is 4.39 Å². The summed E-state index contributed by atoms with van der Waals surface area (Å²) in [5.41, 5.74) is 3.01. The topological polar surface area (TPSA) is 20.7 Å². The van der Waals surface area contributed by atoms with Gasteiger partial charge in [0.25, 0.3) is 0 Å². The third kappa shape index (κ3) is 1.97. The summed E-state index contributed by atoms with van der Waals surface area (Å²) >= 11 is 11.3. The van der Waals surface area contributed by atoms with Gasteiger partial charge in [-0.25, -0.2) is 4.39 Å². The van der Waals surface area contributed by atoms with E-state index in [1.54, 1.807) is 25.1 Å². The molecule has 0 unspecified atom stereocenters. The van der Waals surface area contributed by atoms with Crippen LogP contribution in [0, 0.1) is 17.5 Å². The second-order valence-corrected chi connectivity index (χ2v) is 5.13. The number of halogens is 2. The maximum absolute atomic E-state index is 13.7. The summed E-state index contributed by atoms with van der Waals surface area (Å²) in [5, 5.41) is 0.631. The van der Waals surface area contributed by atoms with E-state index in [9.17, 15) is 4.39 Å². The largest absolute Gasteiger partial charge is 0.330 e. The average Bonchev–Trinajstić information content (AvgIpc) is 2.68. The highest BCUT2D eigenvalue weighted by molar-refractivity contribution is 7.71. The van der Waals surface area contributed by atoms with Crippen molar-refractivity contribution in [2.24, 2.45) is 0 Å². The molecule has 2 aromatic carbocycles. The van der Waals surface area contributed by atoms with Crippen molar-refractivity contribution >= 4 is 34.9 Å². The highest BCUT2D eigenvalue weighted by Gasteiger charge is 2.11. The van der Waals surface area contributed by atoms with Gasteiger partial charge < -0.3 is 4.98 Å². The molecule has 0 atom stereocenters. The monoisotopic (exact) mass is 292 g/mol. The molecular formula is C14H10ClFN2S. The summed E-state index contributed by atoms with van der Waals surface area (Å²) in [6, 6.07) is 10.4. The Morgan fingerprint density at radius 2 is 2.05 bits per heavy atom. The van der Waals surface area contributed by atoms with Gasteiger partial charge in [-0.15, -0.1) is 0 Å². The number of fused-ring (bicyclic) bond motifs is 1. The van der Waals surface area contributed by atoms with Gasteiger partial charge in [-0.05, 0) is 49.5 Å². The molecule has 5 heteroatoms. The lowest BCUT2D eigenvalue weighted by molar-refractivity contribution is 0.617. The quantitative estimate of drug-likeness (QED) is 0.640. The van der Waals surface area contributed by atoms with Gasteiger partial charge in [0.05, 0.1) is 16.7 Å². The number of hydrogen-bond acceptors (Lipinski definition) is 1. The van der Waals surface area contributed by atoms with E-state index < -0.39 is 0 Å². The summed E-state index contributed by atoms with van der Waals surface area (Å²) in [6.07, 6.45) is 0. The van der Waals surface area contributed by atoms with Crippen LogP contribution in [0.3, 0.4) is 0 Å². The third-order valence-corrected chi connectivity index (χ3v) is 3.64. The standard InChI is InChI=1S/C14H10ClFN2S/c1-8-10(16)3-2-4-12(8)18-13-6-5-9(15)7-11(13)17-14(18)19/h2-7H,1H3,(H,17,19). The van der Waals surface area contributed by atoms with Crippen molar-refractivity contribution in [1.29, 1.82) is 0 Å². The number of hydrogen-bond donors (Lipinski definition) is 1. The highest BCUT2D eigenvalue weighted by atomic mass is 35.5. The van der Waals surface area contributed by atoms with Crippen molar-refractivity contribution in [2.45, 2.75) is 6.92 Å². The second kappa shape index (κ2) is 4.47. The Bertz CT molecular complexity index is 835. The molecule has 3 aromatic rings. The Kier molecular flexibility index (Phi) is 2.92. The lowest BCUT2D eigenvalue weighted by Gasteiger charge is -2.08. The first-order valence-electron chi connectivity index (χ1n) is 5.73. The number of imidazole rings is 1. The van der Waals surface area contributed by atoms with Crippen LogP contribution in [-0.2, 0) is 0 Å². The van der Waals surface area contributed by atoms with Crippen LogP contribution in [0.5, 0.6) is 0 Å². The molecule has 0 aliphatic rings. The molecule has 0 spiro atoms. The van der Waals surface area contributed by atoms with Crippen molar-refractivity contribution in [1.82, 2.24) is 9.55 Å². The number of nitrogens with one attached hydrogen (secondary N) is 1. The predicted octanol–water partition coefficient (Wildman–Crippen LogP) is 4.79. The number of aromatic nitrogens is 2. The Labute approximate surface area is 119 Å². The molecule has 1 heterocycles. The van der Waals surface area contributed by atoms with Gasteiger partial charge in [0.15, 0.2) is 4.77 Å². The van der Waals surface area contributed by atoms with E-state index in [0.29, 0.717) is 15.4 Å². The van der Waals surface area contributed by atoms with Crippen LogP contribution in [0.1, 0.15) is 5.56 Å². The lowest BCUT2D eigenvalue weighted by Crippen LogP contribution is -1.98. The molecule has 0 aliphatic carbocycles. The Morgan fingerprint density at radius 1 is 1.26 bits per heavy atom. The van der Waals surface area contributed by atoms with Crippen LogP contribution in [0.25, 0.3) is 16.7 Å². The van der Waals surface area contributed by atoms with Gasteiger partial charge in [-0.2, -0.15) is 0 Å². The fraction of sp³-hybridized carbons (Fsp3) is 0.0714. The molecule has 0 aliphatic heterocycles. The fourth-order valence-electron chi connectivity index (χ4n) is 2.16. The minimum Gasteiger partial charge on any atom is -0.330 e. The molecule has 96 valence electrons. The molecule has 3 rings (SSSR count). The van der Waals surface area contributed by atoms with Crippen LogP contribution in [0.2, 0.25) is 5.02 Å². The van der Waals surface area contributed by atoms with Crippen LogP contribution >= 0.6 is 23.8 Å². The number of benzene rings is 2. The van der Waals surface area contributed by atoms with E-state index in [2.05, 4.69) is 4.98 Å². The van der Waals surface area contributed by atoms with E-state index in [-0.39, 0.29) is 5.82 Å². The Morgan fingerprint density at radius 3 is 2.84 bits per heavy atom. The molecule has 0 amide bonds. The second-order valence-electron chi connectivity index (χ2n) is 4.31. The molecule has 0 fully saturated rings. The molecule has 0 radical (unpaired) electrons. The van der Waals surface area contributed by atoms with Gasteiger partial charge in [0.1, 0.15) is 5.82 Å². The number of rotatable bonds is 1. The van der Waals surface area contributed by atoms with Gasteiger partial charge in [-0.1, -0.05) is 17.7 Å². The Balaban J connectivity index is 2.40. The lowest BCUT2D eigenvalue weighted by atomic mass is 10.2. The first-order valence-corrected chi connectivity index (χ1v) is 6.52. The normalized spacial score (nSPS) is 11.1. The minimum atomic E-state index is -0.247. The summed E-state index contributed by atoms with van der Waals surface area (Å²) in [6.45, 7) is 1.74. The molecule has 2 nitrogen and oxygen atoms in total. The van der Waals surface area contributed by atoms with Gasteiger partial charge in [0.2, 0.25) is 0 Å². The minimum absolute atomic E-state index is 0.247. The van der Waals surface area contributed by atoms with Gasteiger partial charge >= 0.3 is 0 Å². The Hall–Kier alpha value is -1.65. The zero-order chi connectivity index (χ0) is 13.6. The number of nitrogens with zero attached hydrogens (tertiary/aromatic N) is 1. The molecule has 0 saturated carbocycles. The molecular weight excluding hydrogens is 283 g/mol. The maximum atomic E-state index is 13.7. The van der Waals surface area contributed by atoms with E-state index in [1.165, 1.54) is 6.07 Å². The first kappa shape index (κ1) is 12.4. The summed E-state index contributed by atoms with van der Waals surface area (Å²) in [4.78, 5) is 3.08. The number of H-pyrrole nitrogens is 1. The highest BCUT2D eigenvalue weighted by Crippen LogP contribution is 2.25. The van der Waals surface area contributed by atoms with E-state index in [4.69, 9.17) is 23.8 Å². The van der Waals surface area contributed by atoms with Gasteiger partial charge in [-0.3, -0.25) is 4.57 Å². The van der Waals surface area contributed by atoms with Gasteiger partial charge in [0, 0.05) is 10.6 Å². The van der Waals surface area contributed by atoms with Crippen LogP contribution in [-0.4, -0.2) is 9.55 Å². The molecule has 1 aromatic heterocycles. The number of aromatic amines is 1. The van der Waals surface area contributed by atoms with E-state index in [0.717, 1.165) is 16.7 Å². The maximum Gasteiger partial charge on any atom is 0.182 e. The van der Waals surface area contributed by atoms with Crippen molar-refractivity contribution in [3.63, 3.8) is 0 Å². The molecule has 19 heavy (non-hydrogen) atoms. The first-order chi connectivity index (χ1) is 9.08. The van der Waals surface area contributed by atoms with Crippen LogP contribution < -0.4 is 0 Å². The van der Waals surface area contributed by atoms with Crippen molar-refractivity contribution in [3.8, 4) is 5.69 Å². The van der Waals surface area contributed by atoms with Crippen LogP contribution in [0.15, 0.2) is 36.4 Å². The molecule has 0 saturated heterocycles. The molecule has 1 N–H and O–H groups in total. The SMILES string of the molecule is Cc1c(F)cccc1-n1c(=S)[nH]c2cc(Cl)ccc21. The summed E-state index contributed by atoms with van der Waals surface area (Å²) in [7, 11) is 0. The zero-order valence-corrected chi connectivity index (χ0v) is 11.6. The van der Waals surface area contributed by atoms with E-state index in [1.807, 2.05) is 16.7 Å². The fourth-order valence-corrected chi connectivity index (χ4v) is 2.64. The van der Waals surface area contributed by atoms with Crippen molar-refractivity contribution in [2.75, 3.05) is 0 Å². The summed E-state index contributed by atoms with van der Waals surface area (Å²) < 4.78 is 16.0. The van der Waals surface area contributed by atoms with Crippen molar-refractivity contribution in [3.05, 3.63) is 57.6 Å². The van der Waals surface area contributed by atoms with Crippen LogP contribution in [0.4, 0.5) is 4.39 Å². The average molecular weight is 293 g/mol. The predicted molar refractivity (Wildman–Crippen MR) is 78.2 cm³/mol. The zero-order valence-electron chi connectivity index (χ0n) is 10.1.